The van der Waals surface area contributed by atoms with E-state index in [2.05, 4.69) is 5.32 Å². The Hall–Kier alpha value is -1.43. The highest BCUT2D eigenvalue weighted by Crippen LogP contribution is 2.02. The lowest BCUT2D eigenvalue weighted by Crippen LogP contribution is -2.36. The molecule has 0 aromatic carbocycles. The average Bonchev–Trinajstić information content (AvgIpc) is 2.65. The zero-order valence-corrected chi connectivity index (χ0v) is 10.7. The van der Waals surface area contributed by atoms with Crippen LogP contribution in [0, 0.1) is 0 Å². The van der Waals surface area contributed by atoms with Crippen LogP contribution < -0.4 is 5.32 Å². The van der Waals surface area contributed by atoms with Crippen molar-refractivity contribution in [3.63, 3.8) is 0 Å². The molecular weight excluding hydrogens is 240 g/mol. The van der Waals surface area contributed by atoms with Gasteiger partial charge in [-0.15, -0.1) is 0 Å². The molecule has 2 N–H and O–H groups in total. The molecule has 0 bridgehead atoms. The summed E-state index contributed by atoms with van der Waals surface area (Å²) in [6.45, 7) is 1.95. The van der Waals surface area contributed by atoms with Gasteiger partial charge in [-0.1, -0.05) is 0 Å². The van der Waals surface area contributed by atoms with E-state index in [1.807, 2.05) is 13.2 Å². The molecule has 1 unspecified atom stereocenters. The molecule has 0 spiro atoms. The van der Waals surface area contributed by atoms with E-state index in [0.29, 0.717) is 0 Å². The van der Waals surface area contributed by atoms with E-state index in [9.17, 15) is 9.59 Å². The third kappa shape index (κ3) is 4.14. The lowest BCUT2D eigenvalue weighted by molar-refractivity contribution is -0.122. The molecule has 1 aromatic rings. The number of rotatable bonds is 6. The van der Waals surface area contributed by atoms with Gasteiger partial charge in [0.05, 0.1) is 0 Å². The van der Waals surface area contributed by atoms with Crippen molar-refractivity contribution in [2.75, 3.05) is 12.0 Å². The third-order valence-corrected chi connectivity index (χ3v) is 3.02. The van der Waals surface area contributed by atoms with Crippen LogP contribution in [0.3, 0.4) is 0 Å². The fourth-order valence-corrected chi connectivity index (χ4v) is 2.10. The highest BCUT2D eigenvalue weighted by atomic mass is 32.2. The van der Waals surface area contributed by atoms with Crippen LogP contribution in [0.5, 0.6) is 0 Å². The maximum Gasteiger partial charge on any atom is 0.352 e. The molecule has 1 heterocycles. The monoisotopic (exact) mass is 256 g/mol. The maximum absolute atomic E-state index is 11.6. The van der Waals surface area contributed by atoms with Crippen molar-refractivity contribution in [1.29, 1.82) is 0 Å². The number of hydrogen-bond acceptors (Lipinski definition) is 3. The first kappa shape index (κ1) is 13.6. The highest BCUT2D eigenvalue weighted by molar-refractivity contribution is 7.98. The van der Waals surface area contributed by atoms with Gasteiger partial charge in [-0.05, 0) is 25.3 Å². The molecular formula is C11H16N2O3S. The number of thioether (sulfide) groups is 1. The summed E-state index contributed by atoms with van der Waals surface area (Å²) in [7, 11) is 0. The molecule has 1 rings (SSSR count). The summed E-state index contributed by atoms with van der Waals surface area (Å²) in [4.78, 5) is 22.5. The minimum atomic E-state index is -1.03. The van der Waals surface area contributed by atoms with Gasteiger partial charge >= 0.3 is 5.97 Å². The Morgan fingerprint density at radius 1 is 1.59 bits per heavy atom. The lowest BCUT2D eigenvalue weighted by Gasteiger charge is -2.13. The van der Waals surface area contributed by atoms with Crippen LogP contribution >= 0.6 is 11.8 Å². The predicted molar refractivity (Wildman–Crippen MR) is 67.4 cm³/mol. The van der Waals surface area contributed by atoms with Gasteiger partial charge in [0.25, 0.3) is 0 Å². The highest BCUT2D eigenvalue weighted by Gasteiger charge is 2.12. The minimum Gasteiger partial charge on any atom is -0.477 e. The van der Waals surface area contributed by atoms with E-state index in [0.717, 1.165) is 5.75 Å². The van der Waals surface area contributed by atoms with Crippen molar-refractivity contribution in [3.8, 4) is 0 Å². The first-order chi connectivity index (χ1) is 8.04. The van der Waals surface area contributed by atoms with Crippen molar-refractivity contribution in [2.24, 2.45) is 0 Å². The molecule has 0 saturated carbocycles. The average molecular weight is 256 g/mol. The van der Waals surface area contributed by atoms with Crippen LogP contribution in [0.2, 0.25) is 0 Å². The summed E-state index contributed by atoms with van der Waals surface area (Å²) in [5.41, 5.74) is 0.123. The lowest BCUT2D eigenvalue weighted by atomic mass is 10.3. The van der Waals surface area contributed by atoms with Gasteiger partial charge in [-0.2, -0.15) is 11.8 Å². The second-order valence-electron chi connectivity index (χ2n) is 3.75. The molecule has 0 aliphatic rings. The van der Waals surface area contributed by atoms with Gasteiger partial charge in [-0.3, -0.25) is 4.79 Å². The second kappa shape index (κ2) is 6.34. The van der Waals surface area contributed by atoms with Crippen molar-refractivity contribution < 1.29 is 14.7 Å². The summed E-state index contributed by atoms with van der Waals surface area (Å²) >= 11 is 1.65. The van der Waals surface area contributed by atoms with Crippen LogP contribution in [0.25, 0.3) is 0 Å². The zero-order valence-electron chi connectivity index (χ0n) is 9.84. The standard InChI is InChI=1S/C11H16N2O3S/c1-8(7-17-2)12-10(14)6-13-5-3-4-9(13)11(15)16/h3-5,8H,6-7H2,1-2H3,(H,12,14)(H,15,16). The molecule has 1 aromatic heterocycles. The van der Waals surface area contributed by atoms with Crippen molar-refractivity contribution in [3.05, 3.63) is 24.0 Å². The summed E-state index contributed by atoms with van der Waals surface area (Å²) < 4.78 is 1.42. The number of carbonyl (C=O) groups excluding carboxylic acids is 1. The minimum absolute atomic E-state index is 0.0351. The number of aromatic carboxylic acids is 1. The Kier molecular flexibility index (Phi) is 5.09. The van der Waals surface area contributed by atoms with Crippen molar-refractivity contribution in [2.45, 2.75) is 19.5 Å². The summed E-state index contributed by atoms with van der Waals surface area (Å²) in [6.07, 6.45) is 3.55. The molecule has 5 nitrogen and oxygen atoms in total. The number of nitrogens with zero attached hydrogens (tertiary/aromatic N) is 1. The number of carboxylic acids is 1. The molecule has 6 heteroatoms. The second-order valence-corrected chi connectivity index (χ2v) is 4.66. The summed E-state index contributed by atoms with van der Waals surface area (Å²) in [6, 6.07) is 3.17. The molecule has 0 aliphatic heterocycles. The zero-order chi connectivity index (χ0) is 12.8. The van der Waals surface area contributed by atoms with E-state index in [-0.39, 0.29) is 24.2 Å². The van der Waals surface area contributed by atoms with E-state index in [4.69, 9.17) is 5.11 Å². The Balaban J connectivity index is 2.56. The maximum atomic E-state index is 11.6. The summed E-state index contributed by atoms with van der Waals surface area (Å²) in [5, 5.41) is 11.7. The summed E-state index contributed by atoms with van der Waals surface area (Å²) in [5.74, 6) is -0.367. The molecule has 17 heavy (non-hydrogen) atoms. The molecule has 1 amide bonds. The smallest absolute Gasteiger partial charge is 0.352 e. The normalized spacial score (nSPS) is 12.1. The number of carboxylic acid groups (broad SMARTS) is 1. The predicted octanol–water partition coefficient (Wildman–Crippen LogP) is 1.05. The molecule has 1 atom stereocenters. The Morgan fingerprint density at radius 2 is 2.29 bits per heavy atom. The van der Waals surface area contributed by atoms with Gasteiger partial charge in [0.1, 0.15) is 12.2 Å². The van der Waals surface area contributed by atoms with E-state index in [1.54, 1.807) is 24.0 Å². The number of nitrogens with one attached hydrogen (secondary N) is 1. The number of amides is 1. The van der Waals surface area contributed by atoms with E-state index in [1.165, 1.54) is 10.6 Å². The third-order valence-electron chi connectivity index (χ3n) is 2.19. The van der Waals surface area contributed by atoms with Crippen LogP contribution in [0.1, 0.15) is 17.4 Å². The van der Waals surface area contributed by atoms with Crippen molar-refractivity contribution >= 4 is 23.6 Å². The van der Waals surface area contributed by atoms with Crippen LogP contribution in [-0.2, 0) is 11.3 Å². The van der Waals surface area contributed by atoms with Crippen LogP contribution in [-0.4, -0.2) is 39.6 Å². The number of carbonyl (C=O) groups is 2. The fraction of sp³-hybridized carbons (Fsp3) is 0.455. The molecule has 0 aliphatic carbocycles. The van der Waals surface area contributed by atoms with Gasteiger partial charge in [0.15, 0.2) is 0 Å². The van der Waals surface area contributed by atoms with Gasteiger partial charge in [0, 0.05) is 18.0 Å². The van der Waals surface area contributed by atoms with Gasteiger partial charge in [-0.25, -0.2) is 4.79 Å². The topological polar surface area (TPSA) is 71.3 Å². The molecule has 0 radical (unpaired) electrons. The number of hydrogen-bond donors (Lipinski definition) is 2. The van der Waals surface area contributed by atoms with Crippen molar-refractivity contribution in [1.82, 2.24) is 9.88 Å². The number of aromatic nitrogens is 1. The molecule has 0 saturated heterocycles. The first-order valence-electron chi connectivity index (χ1n) is 5.21. The Labute approximate surface area is 104 Å². The van der Waals surface area contributed by atoms with Gasteiger partial charge in [0.2, 0.25) is 5.91 Å². The van der Waals surface area contributed by atoms with Crippen LogP contribution in [0.4, 0.5) is 0 Å². The SMILES string of the molecule is CSCC(C)NC(=O)Cn1cccc1C(=O)O. The largest absolute Gasteiger partial charge is 0.477 e. The Morgan fingerprint density at radius 3 is 2.88 bits per heavy atom. The van der Waals surface area contributed by atoms with Crippen LogP contribution in [0.15, 0.2) is 18.3 Å². The van der Waals surface area contributed by atoms with Gasteiger partial charge < -0.3 is 15.0 Å². The Bertz CT molecular complexity index is 403. The molecule has 94 valence electrons. The van der Waals surface area contributed by atoms with E-state index >= 15 is 0 Å². The van der Waals surface area contributed by atoms with E-state index < -0.39 is 5.97 Å². The molecule has 0 fully saturated rings. The first-order valence-corrected chi connectivity index (χ1v) is 6.60. The fourth-order valence-electron chi connectivity index (χ4n) is 1.51. The quantitative estimate of drug-likeness (QED) is 0.798.